The van der Waals surface area contributed by atoms with Crippen LogP contribution in [-0.4, -0.2) is 34.6 Å². The molecule has 4 amide bonds. The molecular formula is C21H26F3N3O3. The van der Waals surface area contributed by atoms with Gasteiger partial charge in [-0.2, -0.15) is 13.2 Å². The average molecular weight is 425 g/mol. The predicted molar refractivity (Wildman–Crippen MR) is 103 cm³/mol. The number of amides is 4. The van der Waals surface area contributed by atoms with E-state index in [9.17, 15) is 27.6 Å². The van der Waals surface area contributed by atoms with Crippen molar-refractivity contribution in [2.75, 3.05) is 0 Å². The zero-order chi connectivity index (χ0) is 21.9. The summed E-state index contributed by atoms with van der Waals surface area (Å²) in [5.74, 6) is -2.13. The van der Waals surface area contributed by atoms with Crippen molar-refractivity contribution in [1.29, 1.82) is 0 Å². The molecule has 1 aromatic rings. The molecular weight excluding hydrogens is 399 g/mol. The minimum Gasteiger partial charge on any atom is -0.318 e. The monoisotopic (exact) mass is 425 g/mol. The van der Waals surface area contributed by atoms with Crippen LogP contribution in [0.3, 0.4) is 0 Å². The van der Waals surface area contributed by atoms with Gasteiger partial charge in [-0.1, -0.05) is 62.4 Å². The van der Waals surface area contributed by atoms with E-state index >= 15 is 0 Å². The molecule has 0 bridgehead atoms. The Morgan fingerprint density at radius 3 is 2.43 bits per heavy atom. The number of nitrogens with zero attached hydrogens (tertiary/aromatic N) is 1. The second kappa shape index (κ2) is 8.65. The van der Waals surface area contributed by atoms with E-state index in [1.165, 1.54) is 6.92 Å². The number of imide groups is 1. The first-order valence-corrected chi connectivity index (χ1v) is 10.2. The zero-order valence-corrected chi connectivity index (χ0v) is 16.8. The Morgan fingerprint density at radius 2 is 1.83 bits per heavy atom. The van der Waals surface area contributed by atoms with E-state index in [0.29, 0.717) is 22.8 Å². The SMILES string of the molecule is C[C@H](c1ccccc1)N1C(=O)N[C@@](NC(=O)CCC2CCCCC2)(C(F)(F)F)C1=O. The van der Waals surface area contributed by atoms with E-state index in [2.05, 4.69) is 0 Å². The van der Waals surface area contributed by atoms with Gasteiger partial charge in [0, 0.05) is 6.42 Å². The fourth-order valence-corrected chi connectivity index (χ4v) is 4.21. The minimum atomic E-state index is -5.19. The fourth-order valence-electron chi connectivity index (χ4n) is 4.21. The highest BCUT2D eigenvalue weighted by Gasteiger charge is 2.69. The number of nitrogens with one attached hydrogen (secondary N) is 2. The van der Waals surface area contributed by atoms with Crippen molar-refractivity contribution in [2.45, 2.75) is 69.8 Å². The molecule has 2 N–H and O–H groups in total. The molecule has 30 heavy (non-hydrogen) atoms. The lowest BCUT2D eigenvalue weighted by molar-refractivity contribution is -0.204. The molecule has 0 aromatic heterocycles. The third-order valence-corrected chi connectivity index (χ3v) is 5.98. The van der Waals surface area contributed by atoms with Crippen molar-refractivity contribution in [2.24, 2.45) is 5.92 Å². The van der Waals surface area contributed by atoms with Crippen LogP contribution in [0, 0.1) is 5.92 Å². The standard InChI is InChI=1S/C21H26F3N3O3/c1-14(16-10-6-3-7-11-16)27-18(29)20(21(22,23)24,26-19(27)30)25-17(28)13-12-15-8-4-2-5-9-15/h3,6-7,10-11,14-15H,2,4-5,8-9,12-13H2,1H3,(H,25,28)(H,26,30)/t14-,20-/m1/s1. The molecule has 0 spiro atoms. The maximum Gasteiger partial charge on any atom is 0.440 e. The molecule has 1 saturated carbocycles. The first-order valence-electron chi connectivity index (χ1n) is 10.2. The van der Waals surface area contributed by atoms with Gasteiger partial charge in [0.2, 0.25) is 5.91 Å². The van der Waals surface area contributed by atoms with Gasteiger partial charge in [-0.05, 0) is 24.8 Å². The molecule has 9 heteroatoms. The van der Waals surface area contributed by atoms with Gasteiger partial charge >= 0.3 is 12.2 Å². The number of urea groups is 1. The van der Waals surface area contributed by atoms with E-state index in [1.807, 2.05) is 0 Å². The number of carbonyl (C=O) groups is 3. The molecule has 1 aliphatic heterocycles. The lowest BCUT2D eigenvalue weighted by Crippen LogP contribution is -2.69. The second-order valence-corrected chi connectivity index (χ2v) is 8.03. The zero-order valence-electron chi connectivity index (χ0n) is 16.8. The van der Waals surface area contributed by atoms with Crippen LogP contribution < -0.4 is 10.6 Å². The van der Waals surface area contributed by atoms with Crippen LogP contribution in [0.5, 0.6) is 0 Å². The molecule has 2 aliphatic rings. The smallest absolute Gasteiger partial charge is 0.318 e. The Bertz CT molecular complexity index is 794. The molecule has 1 saturated heterocycles. The van der Waals surface area contributed by atoms with Gasteiger partial charge in [-0.15, -0.1) is 0 Å². The third kappa shape index (κ3) is 4.29. The number of alkyl halides is 3. The molecule has 1 aromatic carbocycles. The van der Waals surface area contributed by atoms with Crippen molar-refractivity contribution in [3.63, 3.8) is 0 Å². The fraction of sp³-hybridized carbons (Fsp3) is 0.571. The number of hydrogen-bond acceptors (Lipinski definition) is 3. The first kappa shape index (κ1) is 22.1. The third-order valence-electron chi connectivity index (χ3n) is 5.98. The van der Waals surface area contributed by atoms with Crippen LogP contribution in [0.4, 0.5) is 18.0 Å². The lowest BCUT2D eigenvalue weighted by atomic mass is 9.86. The summed E-state index contributed by atoms with van der Waals surface area (Å²) in [6, 6.07) is 6.14. The summed E-state index contributed by atoms with van der Waals surface area (Å²) < 4.78 is 41.9. The molecule has 1 heterocycles. The van der Waals surface area contributed by atoms with Crippen LogP contribution in [0.15, 0.2) is 30.3 Å². The minimum absolute atomic E-state index is 0.125. The van der Waals surface area contributed by atoms with Gasteiger partial charge < -0.3 is 5.32 Å². The normalized spacial score (nSPS) is 23.9. The highest BCUT2D eigenvalue weighted by atomic mass is 19.4. The van der Waals surface area contributed by atoms with Crippen molar-refractivity contribution < 1.29 is 27.6 Å². The van der Waals surface area contributed by atoms with Crippen LogP contribution in [0.1, 0.15) is 63.5 Å². The van der Waals surface area contributed by atoms with E-state index in [-0.39, 0.29) is 6.42 Å². The summed E-state index contributed by atoms with van der Waals surface area (Å²) in [7, 11) is 0. The van der Waals surface area contributed by atoms with E-state index < -0.39 is 35.7 Å². The predicted octanol–water partition coefficient (Wildman–Crippen LogP) is 4.03. The lowest BCUT2D eigenvalue weighted by Gasteiger charge is -2.31. The molecule has 2 fully saturated rings. The van der Waals surface area contributed by atoms with E-state index in [4.69, 9.17) is 0 Å². The Balaban J connectivity index is 1.77. The number of benzene rings is 1. The number of rotatable bonds is 6. The Kier molecular flexibility index (Phi) is 6.38. The molecule has 2 atom stereocenters. The summed E-state index contributed by atoms with van der Waals surface area (Å²) in [5, 5.41) is 3.51. The summed E-state index contributed by atoms with van der Waals surface area (Å²) in [6.07, 6.45) is 0.304. The quantitative estimate of drug-likeness (QED) is 0.676. The summed E-state index contributed by atoms with van der Waals surface area (Å²) >= 11 is 0. The van der Waals surface area contributed by atoms with Crippen molar-refractivity contribution >= 4 is 17.8 Å². The van der Waals surface area contributed by atoms with Crippen molar-refractivity contribution in [1.82, 2.24) is 15.5 Å². The molecule has 3 rings (SSSR count). The van der Waals surface area contributed by atoms with Gasteiger partial charge in [-0.25, -0.2) is 4.79 Å². The van der Waals surface area contributed by atoms with Crippen LogP contribution in [0.2, 0.25) is 0 Å². The number of halogens is 3. The Labute approximate surface area is 173 Å². The van der Waals surface area contributed by atoms with Gasteiger partial charge in [0.15, 0.2) is 0 Å². The van der Waals surface area contributed by atoms with Crippen molar-refractivity contribution in [3.8, 4) is 0 Å². The first-order chi connectivity index (χ1) is 14.2. The number of hydrogen-bond donors (Lipinski definition) is 2. The maximum absolute atomic E-state index is 14.0. The highest BCUT2D eigenvalue weighted by Crippen LogP contribution is 2.37. The van der Waals surface area contributed by atoms with Crippen molar-refractivity contribution in [3.05, 3.63) is 35.9 Å². The van der Waals surface area contributed by atoms with Gasteiger partial charge in [0.1, 0.15) is 0 Å². The average Bonchev–Trinajstić information content (AvgIpc) is 2.97. The van der Waals surface area contributed by atoms with Crippen LogP contribution >= 0.6 is 0 Å². The van der Waals surface area contributed by atoms with E-state index in [1.54, 1.807) is 41.0 Å². The maximum atomic E-state index is 14.0. The molecule has 0 unspecified atom stereocenters. The van der Waals surface area contributed by atoms with E-state index in [0.717, 1.165) is 32.1 Å². The topological polar surface area (TPSA) is 78.5 Å². The highest BCUT2D eigenvalue weighted by molar-refractivity contribution is 6.09. The van der Waals surface area contributed by atoms with Gasteiger partial charge in [0.05, 0.1) is 6.04 Å². The summed E-state index contributed by atoms with van der Waals surface area (Å²) in [6.45, 7) is 1.46. The molecule has 6 nitrogen and oxygen atoms in total. The van der Waals surface area contributed by atoms with Crippen LogP contribution in [0.25, 0.3) is 0 Å². The molecule has 0 radical (unpaired) electrons. The van der Waals surface area contributed by atoms with Crippen LogP contribution in [-0.2, 0) is 9.59 Å². The molecule has 1 aliphatic carbocycles. The largest absolute Gasteiger partial charge is 0.440 e. The van der Waals surface area contributed by atoms with Gasteiger partial charge in [-0.3, -0.25) is 19.8 Å². The Morgan fingerprint density at radius 1 is 1.20 bits per heavy atom. The second-order valence-electron chi connectivity index (χ2n) is 8.03. The summed E-state index contributed by atoms with van der Waals surface area (Å²) in [4.78, 5) is 38.1. The Hall–Kier alpha value is -2.58. The van der Waals surface area contributed by atoms with Gasteiger partial charge in [0.25, 0.3) is 11.6 Å². The number of carbonyl (C=O) groups excluding carboxylic acids is 3. The summed E-state index contributed by atoms with van der Waals surface area (Å²) in [5.41, 5.74) is -2.95. The molecule has 164 valence electrons.